The summed E-state index contributed by atoms with van der Waals surface area (Å²) < 4.78 is 1.26. The van der Waals surface area contributed by atoms with Crippen LogP contribution in [0.5, 0.6) is 0 Å². The Labute approximate surface area is 148 Å². The van der Waals surface area contributed by atoms with Gasteiger partial charge in [0.15, 0.2) is 0 Å². The molecule has 0 saturated carbocycles. The molecule has 116 valence electrons. The number of benzene rings is 2. The molecule has 0 spiro atoms. The Hall–Kier alpha value is -1.82. The Balaban J connectivity index is 1.73. The summed E-state index contributed by atoms with van der Waals surface area (Å²) in [4.78, 5) is 11.0. The summed E-state index contributed by atoms with van der Waals surface area (Å²) >= 11 is 2.36. The number of carbonyl (C=O) groups is 1. The zero-order chi connectivity index (χ0) is 16.0. The normalized spacial score (nSPS) is 24.7. The van der Waals surface area contributed by atoms with Gasteiger partial charge in [0.2, 0.25) is 0 Å². The lowest BCUT2D eigenvalue weighted by Crippen LogP contribution is -2.29. The van der Waals surface area contributed by atoms with Crippen LogP contribution in [-0.2, 0) is 0 Å². The molecule has 2 N–H and O–H groups in total. The van der Waals surface area contributed by atoms with Crippen LogP contribution in [0.1, 0.15) is 39.9 Å². The van der Waals surface area contributed by atoms with Crippen LogP contribution in [0.2, 0.25) is 0 Å². The number of hydrogen-bond donors (Lipinski definition) is 2. The van der Waals surface area contributed by atoms with Gasteiger partial charge in [-0.05, 0) is 76.4 Å². The first kappa shape index (κ1) is 14.8. The van der Waals surface area contributed by atoms with Gasteiger partial charge in [-0.25, -0.2) is 4.79 Å². The smallest absolute Gasteiger partial charge is 0.335 e. The SMILES string of the molecule is O=C(O)c1ccc([C@H]2Nc3ccc(I)cc3[C@H]3C=CC[C@H]32)cc1. The van der Waals surface area contributed by atoms with Crippen LogP contribution in [0, 0.1) is 9.49 Å². The van der Waals surface area contributed by atoms with Gasteiger partial charge in [-0.3, -0.25) is 0 Å². The van der Waals surface area contributed by atoms with Gasteiger partial charge in [-0.2, -0.15) is 0 Å². The van der Waals surface area contributed by atoms with Crippen molar-refractivity contribution < 1.29 is 9.90 Å². The number of carboxylic acids is 1. The molecule has 0 radical (unpaired) electrons. The van der Waals surface area contributed by atoms with Crippen molar-refractivity contribution in [3.8, 4) is 0 Å². The molecule has 0 fully saturated rings. The first-order valence-electron chi connectivity index (χ1n) is 7.69. The van der Waals surface area contributed by atoms with E-state index < -0.39 is 5.97 Å². The lowest BCUT2D eigenvalue weighted by atomic mass is 9.77. The molecule has 2 aromatic carbocycles. The number of rotatable bonds is 2. The Morgan fingerprint density at radius 2 is 1.96 bits per heavy atom. The number of halogens is 1. The molecule has 0 unspecified atom stereocenters. The molecule has 0 amide bonds. The number of hydrogen-bond acceptors (Lipinski definition) is 2. The molecule has 4 rings (SSSR count). The van der Waals surface area contributed by atoms with Crippen molar-refractivity contribution in [2.45, 2.75) is 18.4 Å². The summed E-state index contributed by atoms with van der Waals surface area (Å²) in [7, 11) is 0. The Bertz CT molecular complexity index is 798. The van der Waals surface area contributed by atoms with E-state index in [1.54, 1.807) is 12.1 Å². The molecule has 0 bridgehead atoms. The maximum Gasteiger partial charge on any atom is 0.335 e. The predicted molar refractivity (Wildman–Crippen MR) is 98.9 cm³/mol. The molecule has 23 heavy (non-hydrogen) atoms. The predicted octanol–water partition coefficient (Wildman–Crippen LogP) is 4.82. The summed E-state index contributed by atoms with van der Waals surface area (Å²) in [6.45, 7) is 0. The van der Waals surface area contributed by atoms with Gasteiger partial charge < -0.3 is 10.4 Å². The summed E-state index contributed by atoms with van der Waals surface area (Å²) in [6, 6.07) is 14.0. The summed E-state index contributed by atoms with van der Waals surface area (Å²) in [5.41, 5.74) is 4.04. The van der Waals surface area contributed by atoms with Gasteiger partial charge in [0.1, 0.15) is 0 Å². The highest BCUT2D eigenvalue weighted by Gasteiger charge is 2.37. The van der Waals surface area contributed by atoms with E-state index in [-0.39, 0.29) is 6.04 Å². The zero-order valence-corrected chi connectivity index (χ0v) is 14.5. The molecular weight excluding hydrogens is 401 g/mol. The van der Waals surface area contributed by atoms with E-state index in [0.29, 0.717) is 17.4 Å². The quantitative estimate of drug-likeness (QED) is 0.545. The number of nitrogens with one attached hydrogen (secondary N) is 1. The van der Waals surface area contributed by atoms with E-state index in [0.717, 1.165) is 12.0 Å². The average molecular weight is 417 g/mol. The number of carboxylic acid groups (broad SMARTS) is 1. The lowest BCUT2D eigenvalue weighted by Gasteiger charge is -2.37. The van der Waals surface area contributed by atoms with Crippen molar-refractivity contribution in [2.24, 2.45) is 5.92 Å². The molecular formula is C19H16INO2. The highest BCUT2D eigenvalue weighted by Crippen LogP contribution is 2.49. The van der Waals surface area contributed by atoms with Crippen molar-refractivity contribution in [1.29, 1.82) is 0 Å². The summed E-state index contributed by atoms with van der Waals surface area (Å²) in [5, 5.41) is 12.7. The summed E-state index contributed by atoms with van der Waals surface area (Å²) in [5.74, 6) is 0.0370. The van der Waals surface area contributed by atoms with E-state index in [9.17, 15) is 4.79 Å². The number of fused-ring (bicyclic) bond motifs is 3. The molecule has 1 aliphatic carbocycles. The third kappa shape index (κ3) is 2.55. The van der Waals surface area contributed by atoms with Crippen molar-refractivity contribution in [3.63, 3.8) is 0 Å². The summed E-state index contributed by atoms with van der Waals surface area (Å²) in [6.07, 6.45) is 5.64. The third-order valence-corrected chi connectivity index (χ3v) is 5.51. The largest absolute Gasteiger partial charge is 0.478 e. The molecule has 0 saturated heterocycles. The fourth-order valence-corrected chi connectivity index (χ4v) is 4.24. The topological polar surface area (TPSA) is 49.3 Å². The second-order valence-electron chi connectivity index (χ2n) is 6.13. The van der Waals surface area contributed by atoms with E-state index >= 15 is 0 Å². The fourth-order valence-electron chi connectivity index (χ4n) is 3.73. The number of anilines is 1. The molecule has 2 aromatic rings. The van der Waals surface area contributed by atoms with Crippen LogP contribution >= 0.6 is 22.6 Å². The molecule has 3 nitrogen and oxygen atoms in total. The van der Waals surface area contributed by atoms with E-state index in [1.807, 2.05) is 12.1 Å². The van der Waals surface area contributed by atoms with Crippen molar-refractivity contribution in [1.82, 2.24) is 0 Å². The van der Waals surface area contributed by atoms with Crippen LogP contribution in [0.15, 0.2) is 54.6 Å². The van der Waals surface area contributed by atoms with Crippen molar-refractivity contribution in [3.05, 3.63) is 74.9 Å². The molecule has 0 aromatic heterocycles. The van der Waals surface area contributed by atoms with Gasteiger partial charge >= 0.3 is 5.97 Å². The fraction of sp³-hybridized carbons (Fsp3) is 0.211. The van der Waals surface area contributed by atoms with E-state index in [1.165, 1.54) is 14.8 Å². The molecule has 3 atom stereocenters. The standard InChI is InChI=1S/C19H16INO2/c20-13-8-9-17-16(10-13)14-2-1-3-15(14)18(21-17)11-4-6-12(7-5-11)19(22)23/h1-2,4-10,14-15,18,21H,3H2,(H,22,23)/t14-,15+,18+/m0/s1. The highest BCUT2D eigenvalue weighted by atomic mass is 127. The van der Waals surface area contributed by atoms with Gasteiger partial charge in [0, 0.05) is 15.2 Å². The first-order valence-corrected chi connectivity index (χ1v) is 8.77. The molecule has 1 heterocycles. The Kier molecular flexibility index (Phi) is 3.64. The zero-order valence-electron chi connectivity index (χ0n) is 12.4. The van der Waals surface area contributed by atoms with Crippen molar-refractivity contribution in [2.75, 3.05) is 5.32 Å². The minimum atomic E-state index is -0.881. The van der Waals surface area contributed by atoms with Crippen LogP contribution in [-0.4, -0.2) is 11.1 Å². The number of aromatic carboxylic acids is 1. The van der Waals surface area contributed by atoms with E-state index in [4.69, 9.17) is 5.11 Å². The molecule has 1 aliphatic heterocycles. The van der Waals surface area contributed by atoms with Gasteiger partial charge in [0.05, 0.1) is 11.6 Å². The molecule has 4 heteroatoms. The maximum absolute atomic E-state index is 11.0. The molecule has 2 aliphatic rings. The van der Waals surface area contributed by atoms with Crippen molar-refractivity contribution >= 4 is 34.2 Å². The second kappa shape index (κ2) is 5.67. The second-order valence-corrected chi connectivity index (χ2v) is 7.38. The lowest BCUT2D eigenvalue weighted by molar-refractivity contribution is 0.0697. The van der Waals surface area contributed by atoms with Crippen LogP contribution in [0.4, 0.5) is 5.69 Å². The van der Waals surface area contributed by atoms with Gasteiger partial charge in [-0.15, -0.1) is 0 Å². The maximum atomic E-state index is 11.0. The van der Waals surface area contributed by atoms with Crippen LogP contribution in [0.3, 0.4) is 0 Å². The minimum Gasteiger partial charge on any atom is -0.478 e. The van der Waals surface area contributed by atoms with E-state index in [2.05, 4.69) is 58.3 Å². The third-order valence-electron chi connectivity index (χ3n) is 4.84. The monoisotopic (exact) mass is 417 g/mol. The Morgan fingerprint density at radius 3 is 2.70 bits per heavy atom. The first-order chi connectivity index (χ1) is 11.1. The Morgan fingerprint density at radius 1 is 1.17 bits per heavy atom. The average Bonchev–Trinajstić information content (AvgIpc) is 3.04. The highest BCUT2D eigenvalue weighted by molar-refractivity contribution is 14.1. The minimum absolute atomic E-state index is 0.213. The number of allylic oxidation sites excluding steroid dienone is 2. The van der Waals surface area contributed by atoms with Crippen LogP contribution in [0.25, 0.3) is 0 Å². The van der Waals surface area contributed by atoms with Gasteiger partial charge in [-0.1, -0.05) is 24.3 Å². The van der Waals surface area contributed by atoms with Crippen LogP contribution < -0.4 is 5.32 Å². The van der Waals surface area contributed by atoms with Gasteiger partial charge in [0.25, 0.3) is 0 Å².